The quantitative estimate of drug-likeness (QED) is 0.815. The van der Waals surface area contributed by atoms with Crippen LogP contribution in [0.4, 0.5) is 0 Å². The van der Waals surface area contributed by atoms with Crippen LogP contribution in [0.1, 0.15) is 37.8 Å². The lowest BCUT2D eigenvalue weighted by molar-refractivity contribution is -0.0289. The third-order valence-electron chi connectivity index (χ3n) is 4.10. The molecule has 20 heavy (non-hydrogen) atoms. The van der Waals surface area contributed by atoms with Gasteiger partial charge in [0.2, 0.25) is 0 Å². The van der Waals surface area contributed by atoms with Crippen molar-refractivity contribution in [2.45, 2.75) is 38.3 Å². The SMILES string of the molecule is CCOC1CC(CC(NC)c2ccc(OC)cc2Br)C1. The smallest absolute Gasteiger partial charge is 0.120 e. The average Bonchev–Trinajstić information content (AvgIpc) is 2.42. The summed E-state index contributed by atoms with van der Waals surface area (Å²) in [4.78, 5) is 0. The molecular weight excluding hydrogens is 318 g/mol. The molecule has 1 aromatic carbocycles. The van der Waals surface area contributed by atoms with Gasteiger partial charge in [0.1, 0.15) is 5.75 Å². The maximum absolute atomic E-state index is 5.64. The lowest BCUT2D eigenvalue weighted by Crippen LogP contribution is -2.34. The first-order chi connectivity index (χ1) is 9.67. The molecule has 2 rings (SSSR count). The minimum absolute atomic E-state index is 0.378. The molecule has 0 aromatic heterocycles. The van der Waals surface area contributed by atoms with Gasteiger partial charge in [0.25, 0.3) is 0 Å². The van der Waals surface area contributed by atoms with E-state index in [9.17, 15) is 0 Å². The Morgan fingerprint density at radius 3 is 2.70 bits per heavy atom. The summed E-state index contributed by atoms with van der Waals surface area (Å²) in [6.07, 6.45) is 4.03. The molecule has 1 unspecified atom stereocenters. The molecule has 0 saturated heterocycles. The largest absolute Gasteiger partial charge is 0.497 e. The summed E-state index contributed by atoms with van der Waals surface area (Å²) in [7, 11) is 3.72. The Bertz CT molecular complexity index is 432. The van der Waals surface area contributed by atoms with Crippen molar-refractivity contribution < 1.29 is 9.47 Å². The topological polar surface area (TPSA) is 30.5 Å². The molecule has 0 heterocycles. The van der Waals surface area contributed by atoms with Gasteiger partial charge in [0.15, 0.2) is 0 Å². The van der Waals surface area contributed by atoms with Crippen molar-refractivity contribution in [3.63, 3.8) is 0 Å². The van der Waals surface area contributed by atoms with E-state index >= 15 is 0 Å². The van der Waals surface area contributed by atoms with Gasteiger partial charge in [-0.1, -0.05) is 22.0 Å². The Labute approximate surface area is 130 Å². The number of rotatable bonds is 7. The Hall–Kier alpha value is -0.580. The van der Waals surface area contributed by atoms with E-state index in [1.165, 1.54) is 18.4 Å². The van der Waals surface area contributed by atoms with E-state index in [-0.39, 0.29) is 0 Å². The minimum atomic E-state index is 0.378. The average molecular weight is 342 g/mol. The number of benzene rings is 1. The molecule has 4 heteroatoms. The van der Waals surface area contributed by atoms with Gasteiger partial charge in [0.05, 0.1) is 13.2 Å². The van der Waals surface area contributed by atoms with E-state index in [2.05, 4.69) is 34.2 Å². The molecule has 0 aliphatic heterocycles. The Morgan fingerprint density at radius 2 is 2.15 bits per heavy atom. The second-order valence-corrected chi connectivity index (χ2v) is 6.23. The maximum Gasteiger partial charge on any atom is 0.120 e. The van der Waals surface area contributed by atoms with Gasteiger partial charge < -0.3 is 14.8 Å². The van der Waals surface area contributed by atoms with Crippen LogP contribution in [0.15, 0.2) is 22.7 Å². The predicted octanol–water partition coefficient (Wildman–Crippen LogP) is 3.92. The molecule has 0 amide bonds. The second kappa shape index (κ2) is 7.43. The number of methoxy groups -OCH3 is 1. The summed E-state index contributed by atoms with van der Waals surface area (Å²) in [6.45, 7) is 2.90. The van der Waals surface area contributed by atoms with E-state index in [4.69, 9.17) is 9.47 Å². The van der Waals surface area contributed by atoms with Crippen LogP contribution >= 0.6 is 15.9 Å². The summed E-state index contributed by atoms with van der Waals surface area (Å²) in [6, 6.07) is 6.57. The highest BCUT2D eigenvalue weighted by molar-refractivity contribution is 9.10. The normalized spacial score (nSPS) is 23.2. The third-order valence-corrected chi connectivity index (χ3v) is 4.78. The summed E-state index contributed by atoms with van der Waals surface area (Å²) in [5, 5.41) is 3.43. The lowest BCUT2D eigenvalue weighted by atomic mass is 9.77. The standard InChI is InChI=1S/C16H24BrNO2/c1-4-20-13-7-11(8-13)9-16(18-2)14-6-5-12(19-3)10-15(14)17/h5-6,10-11,13,16,18H,4,7-9H2,1-3H3. The first-order valence-corrected chi connectivity index (χ1v) is 8.09. The zero-order valence-electron chi connectivity index (χ0n) is 12.5. The fourth-order valence-corrected chi connectivity index (χ4v) is 3.52. The van der Waals surface area contributed by atoms with Crippen LogP contribution in [0.25, 0.3) is 0 Å². The molecular formula is C16H24BrNO2. The molecule has 1 aliphatic rings. The third kappa shape index (κ3) is 3.74. The van der Waals surface area contributed by atoms with Crippen molar-refractivity contribution in [2.75, 3.05) is 20.8 Å². The summed E-state index contributed by atoms with van der Waals surface area (Å²) < 4.78 is 12.0. The zero-order chi connectivity index (χ0) is 14.5. The molecule has 0 bridgehead atoms. The molecule has 1 N–H and O–H groups in total. The monoisotopic (exact) mass is 341 g/mol. The molecule has 1 atom stereocenters. The van der Waals surface area contributed by atoms with Crippen LogP contribution < -0.4 is 10.1 Å². The van der Waals surface area contributed by atoms with Crippen LogP contribution in [0.5, 0.6) is 5.75 Å². The van der Waals surface area contributed by atoms with Crippen LogP contribution in [0.3, 0.4) is 0 Å². The van der Waals surface area contributed by atoms with E-state index in [1.807, 2.05) is 19.2 Å². The molecule has 1 aromatic rings. The number of hydrogen-bond acceptors (Lipinski definition) is 3. The van der Waals surface area contributed by atoms with Gasteiger partial charge in [-0.25, -0.2) is 0 Å². The summed E-state index contributed by atoms with van der Waals surface area (Å²) in [5.74, 6) is 1.65. The molecule has 1 aliphatic carbocycles. The molecule has 0 spiro atoms. The highest BCUT2D eigenvalue weighted by Gasteiger charge is 2.31. The Kier molecular flexibility index (Phi) is 5.87. The van der Waals surface area contributed by atoms with Gasteiger partial charge in [-0.15, -0.1) is 0 Å². The number of nitrogens with one attached hydrogen (secondary N) is 1. The fraction of sp³-hybridized carbons (Fsp3) is 0.625. The Morgan fingerprint density at radius 1 is 1.40 bits per heavy atom. The van der Waals surface area contributed by atoms with Crippen molar-refractivity contribution in [3.05, 3.63) is 28.2 Å². The first kappa shape index (κ1) is 15.8. The predicted molar refractivity (Wildman–Crippen MR) is 85.2 cm³/mol. The first-order valence-electron chi connectivity index (χ1n) is 7.30. The molecule has 0 radical (unpaired) electrons. The van der Waals surface area contributed by atoms with Crippen molar-refractivity contribution in [1.29, 1.82) is 0 Å². The zero-order valence-corrected chi connectivity index (χ0v) is 14.1. The Balaban J connectivity index is 1.95. The van der Waals surface area contributed by atoms with Gasteiger partial charge in [-0.3, -0.25) is 0 Å². The van der Waals surface area contributed by atoms with Crippen LogP contribution in [0, 0.1) is 5.92 Å². The van der Waals surface area contributed by atoms with Crippen molar-refractivity contribution in [1.82, 2.24) is 5.32 Å². The van der Waals surface area contributed by atoms with E-state index in [0.717, 1.165) is 29.2 Å². The van der Waals surface area contributed by atoms with Crippen molar-refractivity contribution in [3.8, 4) is 5.75 Å². The van der Waals surface area contributed by atoms with Crippen LogP contribution in [-0.2, 0) is 4.74 Å². The number of ether oxygens (including phenoxy) is 2. The molecule has 112 valence electrons. The summed E-state index contributed by atoms with van der Waals surface area (Å²) >= 11 is 3.65. The minimum Gasteiger partial charge on any atom is -0.497 e. The van der Waals surface area contributed by atoms with Crippen LogP contribution in [-0.4, -0.2) is 26.9 Å². The van der Waals surface area contributed by atoms with E-state index < -0.39 is 0 Å². The van der Waals surface area contributed by atoms with E-state index in [1.54, 1.807) is 7.11 Å². The molecule has 1 fully saturated rings. The fourth-order valence-electron chi connectivity index (χ4n) is 2.89. The highest BCUT2D eigenvalue weighted by atomic mass is 79.9. The number of hydrogen-bond donors (Lipinski definition) is 1. The van der Waals surface area contributed by atoms with Crippen molar-refractivity contribution in [2.24, 2.45) is 5.92 Å². The van der Waals surface area contributed by atoms with Gasteiger partial charge in [0, 0.05) is 17.1 Å². The maximum atomic E-state index is 5.64. The van der Waals surface area contributed by atoms with Gasteiger partial charge in [-0.2, -0.15) is 0 Å². The molecule has 3 nitrogen and oxygen atoms in total. The van der Waals surface area contributed by atoms with Crippen LogP contribution in [0.2, 0.25) is 0 Å². The highest BCUT2D eigenvalue weighted by Crippen LogP contribution is 2.38. The lowest BCUT2D eigenvalue weighted by Gasteiger charge is -2.37. The summed E-state index contributed by atoms with van der Waals surface area (Å²) in [5.41, 5.74) is 1.30. The van der Waals surface area contributed by atoms with Gasteiger partial charge in [-0.05, 0) is 56.8 Å². The molecule has 1 saturated carbocycles. The second-order valence-electron chi connectivity index (χ2n) is 5.38. The van der Waals surface area contributed by atoms with Gasteiger partial charge >= 0.3 is 0 Å². The number of halogens is 1. The van der Waals surface area contributed by atoms with E-state index in [0.29, 0.717) is 12.1 Å². The van der Waals surface area contributed by atoms with Crippen molar-refractivity contribution >= 4 is 15.9 Å².